The van der Waals surface area contributed by atoms with E-state index in [1.54, 1.807) is 42.7 Å². The number of para-hydroxylation sites is 1. The maximum atomic E-state index is 12.6. The van der Waals surface area contributed by atoms with Gasteiger partial charge in [0.15, 0.2) is 0 Å². The molecule has 25 heavy (non-hydrogen) atoms. The SMILES string of the molecule is CCn1c(=O)n(CC(=O)NCc2cccnc2)c(=O)c2ccccc21. The fourth-order valence-corrected chi connectivity index (χ4v) is 2.72. The number of rotatable bonds is 5. The molecule has 7 nitrogen and oxygen atoms in total. The fraction of sp³-hybridized carbons (Fsp3) is 0.222. The summed E-state index contributed by atoms with van der Waals surface area (Å²) in [5, 5.41) is 3.12. The highest BCUT2D eigenvalue weighted by Gasteiger charge is 2.14. The summed E-state index contributed by atoms with van der Waals surface area (Å²) in [7, 11) is 0. The number of hydrogen-bond acceptors (Lipinski definition) is 4. The molecule has 1 amide bonds. The standard InChI is InChI=1S/C18H18N4O3/c1-2-21-15-8-4-3-7-14(15)17(24)22(18(21)25)12-16(23)20-11-13-6-5-9-19-10-13/h3-10H,2,11-12H2,1H3,(H,20,23). The monoisotopic (exact) mass is 338 g/mol. The summed E-state index contributed by atoms with van der Waals surface area (Å²) >= 11 is 0. The van der Waals surface area contributed by atoms with Gasteiger partial charge in [0.25, 0.3) is 5.56 Å². The van der Waals surface area contributed by atoms with E-state index < -0.39 is 17.2 Å². The summed E-state index contributed by atoms with van der Waals surface area (Å²) in [6.07, 6.45) is 3.29. The number of fused-ring (bicyclic) bond motifs is 1. The summed E-state index contributed by atoms with van der Waals surface area (Å²) in [4.78, 5) is 41.3. The van der Waals surface area contributed by atoms with Crippen LogP contribution in [0.2, 0.25) is 0 Å². The Morgan fingerprint density at radius 3 is 2.64 bits per heavy atom. The summed E-state index contributed by atoms with van der Waals surface area (Å²) in [5.74, 6) is -0.402. The van der Waals surface area contributed by atoms with Crippen LogP contribution in [0.4, 0.5) is 0 Å². The van der Waals surface area contributed by atoms with Gasteiger partial charge in [0.2, 0.25) is 5.91 Å². The topological polar surface area (TPSA) is 86.0 Å². The van der Waals surface area contributed by atoms with Crippen molar-refractivity contribution in [2.45, 2.75) is 26.6 Å². The molecule has 3 aromatic rings. The van der Waals surface area contributed by atoms with Crippen molar-refractivity contribution in [1.82, 2.24) is 19.4 Å². The van der Waals surface area contributed by atoms with Crippen LogP contribution in [-0.2, 0) is 24.4 Å². The predicted molar refractivity (Wildman–Crippen MR) is 94.2 cm³/mol. The first kappa shape index (κ1) is 16.6. The number of amides is 1. The Bertz CT molecular complexity index is 1020. The van der Waals surface area contributed by atoms with Crippen molar-refractivity contribution in [2.75, 3.05) is 0 Å². The van der Waals surface area contributed by atoms with Gasteiger partial charge in [0.05, 0.1) is 10.9 Å². The third-order valence-corrected chi connectivity index (χ3v) is 3.96. The van der Waals surface area contributed by atoms with E-state index in [9.17, 15) is 14.4 Å². The molecule has 0 fully saturated rings. The molecule has 0 saturated carbocycles. The smallest absolute Gasteiger partial charge is 0.331 e. The molecule has 2 aromatic heterocycles. The molecule has 0 saturated heterocycles. The summed E-state index contributed by atoms with van der Waals surface area (Å²) in [5.41, 5.74) is 0.476. The average Bonchev–Trinajstić information content (AvgIpc) is 2.65. The Balaban J connectivity index is 1.89. The lowest BCUT2D eigenvalue weighted by Crippen LogP contribution is -2.43. The van der Waals surface area contributed by atoms with Gasteiger partial charge in [-0.1, -0.05) is 18.2 Å². The van der Waals surface area contributed by atoms with E-state index in [-0.39, 0.29) is 13.1 Å². The van der Waals surface area contributed by atoms with Crippen LogP contribution in [0.3, 0.4) is 0 Å². The normalized spacial score (nSPS) is 10.8. The van der Waals surface area contributed by atoms with Gasteiger partial charge in [-0.05, 0) is 30.7 Å². The molecular formula is C18H18N4O3. The van der Waals surface area contributed by atoms with Crippen molar-refractivity contribution in [3.05, 3.63) is 75.2 Å². The summed E-state index contributed by atoms with van der Waals surface area (Å²) in [6.45, 7) is 2.21. The average molecular weight is 338 g/mol. The first-order valence-corrected chi connectivity index (χ1v) is 7.99. The van der Waals surface area contributed by atoms with E-state index >= 15 is 0 Å². The van der Waals surface area contributed by atoms with E-state index in [2.05, 4.69) is 10.3 Å². The number of carbonyl (C=O) groups excluding carboxylic acids is 1. The van der Waals surface area contributed by atoms with Crippen LogP contribution in [0.1, 0.15) is 12.5 Å². The van der Waals surface area contributed by atoms with Gasteiger partial charge in [-0.2, -0.15) is 0 Å². The van der Waals surface area contributed by atoms with Crippen molar-refractivity contribution in [2.24, 2.45) is 0 Å². The van der Waals surface area contributed by atoms with Crippen molar-refractivity contribution in [3.63, 3.8) is 0 Å². The minimum Gasteiger partial charge on any atom is -0.350 e. The van der Waals surface area contributed by atoms with Crippen LogP contribution in [0.5, 0.6) is 0 Å². The minimum atomic E-state index is -0.484. The Hall–Kier alpha value is -3.22. The van der Waals surface area contributed by atoms with E-state index in [4.69, 9.17) is 0 Å². The third-order valence-electron chi connectivity index (χ3n) is 3.96. The van der Waals surface area contributed by atoms with Gasteiger partial charge in [-0.15, -0.1) is 0 Å². The van der Waals surface area contributed by atoms with Crippen LogP contribution >= 0.6 is 0 Å². The van der Waals surface area contributed by atoms with Gasteiger partial charge in [0.1, 0.15) is 6.54 Å². The number of nitrogens with zero attached hydrogens (tertiary/aromatic N) is 3. The van der Waals surface area contributed by atoms with Gasteiger partial charge in [0, 0.05) is 25.5 Å². The lowest BCUT2D eigenvalue weighted by molar-refractivity contribution is -0.121. The lowest BCUT2D eigenvalue weighted by Gasteiger charge is -2.12. The van der Waals surface area contributed by atoms with Gasteiger partial charge in [-0.25, -0.2) is 4.79 Å². The first-order chi connectivity index (χ1) is 12.1. The Kier molecular flexibility index (Phi) is 4.74. The minimum absolute atomic E-state index is 0.289. The van der Waals surface area contributed by atoms with Gasteiger partial charge in [-0.3, -0.25) is 23.7 Å². The zero-order valence-electron chi connectivity index (χ0n) is 13.8. The van der Waals surface area contributed by atoms with E-state index in [0.717, 1.165) is 10.1 Å². The highest BCUT2D eigenvalue weighted by Crippen LogP contribution is 2.07. The Morgan fingerprint density at radius 1 is 1.12 bits per heavy atom. The van der Waals surface area contributed by atoms with E-state index in [1.165, 1.54) is 4.57 Å². The van der Waals surface area contributed by atoms with Gasteiger partial charge < -0.3 is 5.32 Å². The molecule has 7 heteroatoms. The molecule has 2 heterocycles. The van der Waals surface area contributed by atoms with E-state index in [1.807, 2.05) is 13.0 Å². The maximum absolute atomic E-state index is 12.6. The molecule has 128 valence electrons. The second-order valence-electron chi connectivity index (χ2n) is 5.57. The second-order valence-corrected chi connectivity index (χ2v) is 5.57. The molecule has 0 radical (unpaired) electrons. The Labute approximate surface area is 143 Å². The zero-order valence-corrected chi connectivity index (χ0v) is 13.8. The predicted octanol–water partition coefficient (Wildman–Crippen LogP) is 0.895. The molecule has 0 atom stereocenters. The molecule has 0 aliphatic carbocycles. The fourth-order valence-electron chi connectivity index (χ4n) is 2.72. The van der Waals surface area contributed by atoms with E-state index in [0.29, 0.717) is 17.4 Å². The van der Waals surface area contributed by atoms with Crippen molar-refractivity contribution in [1.29, 1.82) is 0 Å². The second kappa shape index (κ2) is 7.12. The van der Waals surface area contributed by atoms with Crippen LogP contribution in [0.25, 0.3) is 10.9 Å². The number of aryl methyl sites for hydroxylation is 1. The summed E-state index contributed by atoms with van der Waals surface area (Å²) < 4.78 is 2.47. The van der Waals surface area contributed by atoms with Crippen molar-refractivity contribution >= 4 is 16.8 Å². The number of hydrogen-bond donors (Lipinski definition) is 1. The number of benzene rings is 1. The molecule has 3 rings (SSSR count). The number of nitrogens with one attached hydrogen (secondary N) is 1. The first-order valence-electron chi connectivity index (χ1n) is 7.99. The van der Waals surface area contributed by atoms with Crippen LogP contribution in [0, 0.1) is 0 Å². The number of carbonyl (C=O) groups is 1. The van der Waals surface area contributed by atoms with Crippen LogP contribution in [-0.4, -0.2) is 20.0 Å². The number of pyridine rings is 1. The van der Waals surface area contributed by atoms with Crippen molar-refractivity contribution in [3.8, 4) is 0 Å². The molecule has 0 aliphatic heterocycles. The number of aromatic nitrogens is 3. The highest BCUT2D eigenvalue weighted by atomic mass is 16.2. The maximum Gasteiger partial charge on any atom is 0.331 e. The molecule has 0 aliphatic rings. The largest absolute Gasteiger partial charge is 0.350 e. The molecular weight excluding hydrogens is 320 g/mol. The van der Waals surface area contributed by atoms with Crippen molar-refractivity contribution < 1.29 is 4.79 Å². The molecule has 1 aromatic carbocycles. The van der Waals surface area contributed by atoms with Gasteiger partial charge >= 0.3 is 5.69 Å². The van der Waals surface area contributed by atoms with Crippen LogP contribution in [0.15, 0.2) is 58.4 Å². The Morgan fingerprint density at radius 2 is 1.92 bits per heavy atom. The molecule has 0 spiro atoms. The lowest BCUT2D eigenvalue weighted by atomic mass is 10.2. The third kappa shape index (κ3) is 3.35. The molecule has 0 unspecified atom stereocenters. The molecule has 0 bridgehead atoms. The quantitative estimate of drug-likeness (QED) is 0.749. The highest BCUT2D eigenvalue weighted by molar-refractivity contribution is 5.79. The molecule has 1 N–H and O–H groups in total. The summed E-state index contributed by atoms with van der Waals surface area (Å²) in [6, 6.07) is 10.5. The zero-order chi connectivity index (χ0) is 17.8. The van der Waals surface area contributed by atoms with Crippen LogP contribution < -0.4 is 16.6 Å².